The first-order valence-corrected chi connectivity index (χ1v) is 13.8. The van der Waals surface area contributed by atoms with Gasteiger partial charge in [-0.15, -0.1) is 0 Å². The third-order valence-electron chi connectivity index (χ3n) is 5.79. The van der Waals surface area contributed by atoms with E-state index in [4.69, 9.17) is 9.15 Å². The number of hydrogen-bond donors (Lipinski definition) is 2. The summed E-state index contributed by atoms with van der Waals surface area (Å²) in [6.45, 7) is 7.79. The zero-order chi connectivity index (χ0) is 27.7. The van der Waals surface area contributed by atoms with Crippen molar-refractivity contribution in [2.24, 2.45) is 0 Å². The second kappa shape index (κ2) is 11.7. The maximum atomic E-state index is 13.1. The molecule has 1 unspecified atom stereocenters. The van der Waals surface area contributed by atoms with Crippen molar-refractivity contribution in [3.63, 3.8) is 0 Å². The summed E-state index contributed by atoms with van der Waals surface area (Å²) in [4.78, 5) is 33.0. The van der Waals surface area contributed by atoms with Crippen LogP contribution in [0.25, 0.3) is 10.9 Å². The van der Waals surface area contributed by atoms with Crippen molar-refractivity contribution in [1.82, 2.24) is 9.88 Å². The van der Waals surface area contributed by atoms with Gasteiger partial charge in [0.1, 0.15) is 5.75 Å². The number of halogens is 2. The molecule has 0 saturated heterocycles. The average molecular weight is 734 g/mol. The molecule has 0 fully saturated rings. The number of benzene rings is 2. The Morgan fingerprint density at radius 2 is 1.84 bits per heavy atom. The van der Waals surface area contributed by atoms with Crippen molar-refractivity contribution in [3.8, 4) is 5.75 Å². The molecular formula is C26H32I2N4O5. The van der Waals surface area contributed by atoms with Crippen LogP contribution in [-0.2, 0) is 6.42 Å². The van der Waals surface area contributed by atoms with Gasteiger partial charge in [0.25, 0.3) is 6.01 Å². The maximum Gasteiger partial charge on any atom is 0.412 e. The van der Waals surface area contributed by atoms with E-state index in [0.29, 0.717) is 29.7 Å². The van der Waals surface area contributed by atoms with Crippen LogP contribution in [0, 0.1) is 14.1 Å². The molecule has 11 heteroatoms. The number of carboxylic acid groups (broad SMARTS) is 1. The third kappa shape index (κ3) is 6.85. The molecule has 0 spiro atoms. The maximum absolute atomic E-state index is 13.1. The molecule has 9 nitrogen and oxygen atoms in total. The summed E-state index contributed by atoms with van der Waals surface area (Å²) < 4.78 is 13.1. The van der Waals surface area contributed by atoms with Gasteiger partial charge in [0.15, 0.2) is 0 Å². The van der Waals surface area contributed by atoms with Gasteiger partial charge in [-0.05, 0) is 129 Å². The Labute approximate surface area is 243 Å². The Kier molecular flexibility index (Phi) is 9.32. The van der Waals surface area contributed by atoms with Crippen LogP contribution in [0.4, 0.5) is 16.5 Å². The van der Waals surface area contributed by atoms with E-state index >= 15 is 0 Å². The molecule has 3 rings (SSSR count). The number of amides is 1. The summed E-state index contributed by atoms with van der Waals surface area (Å²) in [5.74, 6) is 0.854. The Morgan fingerprint density at radius 1 is 1.22 bits per heavy atom. The minimum Gasteiger partial charge on any atom is -0.495 e. The number of hydrogen-bond acceptors (Lipinski definition) is 7. The smallest absolute Gasteiger partial charge is 0.412 e. The fraction of sp³-hybridized carbons (Fsp3) is 0.423. The minimum atomic E-state index is -1.10. The number of aryl methyl sites for hydroxylation is 1. The van der Waals surface area contributed by atoms with Crippen molar-refractivity contribution in [3.05, 3.63) is 53.0 Å². The summed E-state index contributed by atoms with van der Waals surface area (Å²) in [5.41, 5.74) is 1.23. The highest BCUT2D eigenvalue weighted by Crippen LogP contribution is 2.32. The molecule has 0 radical (unpaired) electrons. The number of carbonyl (C=O) groups is 1. The van der Waals surface area contributed by atoms with Gasteiger partial charge < -0.3 is 24.5 Å². The van der Waals surface area contributed by atoms with Gasteiger partial charge in [0, 0.05) is 18.1 Å². The summed E-state index contributed by atoms with van der Waals surface area (Å²) in [5, 5.41) is 13.4. The molecule has 0 saturated carbocycles. The zero-order valence-electron chi connectivity index (χ0n) is 22.0. The SMILES string of the molecule is COc1c(I)cc(CC(CN(C)C)Nc2nc3ccc(N(C(=O)O)C(C)(C)C)c(C)c3c(=O)o2)cc1I. The van der Waals surface area contributed by atoms with Crippen LogP contribution in [0.5, 0.6) is 5.75 Å². The molecule has 3 aromatic rings. The van der Waals surface area contributed by atoms with Gasteiger partial charge >= 0.3 is 11.7 Å². The van der Waals surface area contributed by atoms with Crippen molar-refractivity contribution in [2.45, 2.75) is 45.7 Å². The molecule has 200 valence electrons. The molecule has 0 aliphatic rings. The van der Waals surface area contributed by atoms with Crippen LogP contribution in [0.1, 0.15) is 31.9 Å². The van der Waals surface area contributed by atoms with Gasteiger partial charge in [-0.2, -0.15) is 4.98 Å². The Balaban J connectivity index is 1.99. The monoisotopic (exact) mass is 734 g/mol. The second-order valence-electron chi connectivity index (χ2n) is 10.1. The molecule has 0 aliphatic heterocycles. The Morgan fingerprint density at radius 3 is 2.35 bits per heavy atom. The first-order valence-electron chi connectivity index (χ1n) is 11.6. The highest BCUT2D eigenvalue weighted by Gasteiger charge is 2.30. The number of nitrogens with one attached hydrogen (secondary N) is 1. The van der Waals surface area contributed by atoms with Crippen LogP contribution in [0.15, 0.2) is 33.5 Å². The molecular weight excluding hydrogens is 702 g/mol. The predicted molar refractivity (Wildman–Crippen MR) is 163 cm³/mol. The molecule has 1 heterocycles. The Hall–Kier alpha value is -2.13. The number of anilines is 2. The van der Waals surface area contributed by atoms with Gasteiger partial charge in [-0.3, -0.25) is 4.90 Å². The first-order chi connectivity index (χ1) is 17.2. The van der Waals surface area contributed by atoms with Gasteiger partial charge in [0.2, 0.25) is 0 Å². The van der Waals surface area contributed by atoms with E-state index in [9.17, 15) is 14.7 Å². The van der Waals surface area contributed by atoms with Crippen molar-refractivity contribution in [2.75, 3.05) is 38.0 Å². The van der Waals surface area contributed by atoms with Crippen LogP contribution < -0.4 is 20.6 Å². The highest BCUT2D eigenvalue weighted by atomic mass is 127. The van der Waals surface area contributed by atoms with E-state index in [1.54, 1.807) is 46.9 Å². The van der Waals surface area contributed by atoms with Crippen LogP contribution in [0.3, 0.4) is 0 Å². The lowest BCUT2D eigenvalue weighted by molar-refractivity contribution is 0.195. The predicted octanol–water partition coefficient (Wildman–Crippen LogP) is 5.58. The molecule has 1 atom stereocenters. The van der Waals surface area contributed by atoms with E-state index in [1.807, 2.05) is 14.1 Å². The van der Waals surface area contributed by atoms with E-state index < -0.39 is 17.3 Å². The molecule has 2 N–H and O–H groups in total. The summed E-state index contributed by atoms with van der Waals surface area (Å²) in [6.07, 6.45) is -0.422. The number of rotatable bonds is 8. The molecule has 0 bridgehead atoms. The number of aromatic nitrogens is 1. The second-order valence-corrected chi connectivity index (χ2v) is 12.4. The normalized spacial score (nSPS) is 12.6. The lowest BCUT2D eigenvalue weighted by Crippen LogP contribution is -2.45. The molecule has 0 aliphatic carbocycles. The summed E-state index contributed by atoms with van der Waals surface area (Å²) >= 11 is 4.53. The lowest BCUT2D eigenvalue weighted by Gasteiger charge is -2.34. The third-order valence-corrected chi connectivity index (χ3v) is 7.39. The minimum absolute atomic E-state index is 0.0909. The largest absolute Gasteiger partial charge is 0.495 e. The number of ether oxygens (including phenoxy) is 1. The van der Waals surface area contributed by atoms with E-state index in [2.05, 4.69) is 72.5 Å². The van der Waals surface area contributed by atoms with Crippen LogP contribution >= 0.6 is 45.2 Å². The van der Waals surface area contributed by atoms with Gasteiger partial charge in [0.05, 0.1) is 30.8 Å². The fourth-order valence-electron chi connectivity index (χ4n) is 4.35. The van der Waals surface area contributed by atoms with Crippen molar-refractivity contribution >= 4 is 73.9 Å². The topological polar surface area (TPSA) is 108 Å². The van der Waals surface area contributed by atoms with Gasteiger partial charge in [-0.25, -0.2) is 9.59 Å². The lowest BCUT2D eigenvalue weighted by atomic mass is 10.0. The molecule has 37 heavy (non-hydrogen) atoms. The summed E-state index contributed by atoms with van der Waals surface area (Å²) in [7, 11) is 5.62. The number of methoxy groups -OCH3 is 1. The first kappa shape index (κ1) is 29.4. The molecule has 2 aromatic carbocycles. The molecule has 1 aromatic heterocycles. The van der Waals surface area contributed by atoms with E-state index in [0.717, 1.165) is 18.5 Å². The standard InChI is InChI=1S/C26H32I2N4O5/c1-14-20(32(25(34)35)26(2,3)4)9-8-19-21(14)23(33)37-24(30-19)29-16(13-31(5)6)10-15-11-17(27)22(36-7)18(28)12-15/h8-9,11-12,16H,10,13H2,1-7H3,(H,29,30)(H,34,35). The van der Waals surface area contributed by atoms with Crippen LogP contribution in [-0.4, -0.2) is 60.4 Å². The average Bonchev–Trinajstić information content (AvgIpc) is 2.73. The Bertz CT molecular complexity index is 1340. The van der Waals surface area contributed by atoms with E-state index in [1.165, 1.54) is 4.90 Å². The van der Waals surface area contributed by atoms with E-state index in [-0.39, 0.29) is 17.4 Å². The summed E-state index contributed by atoms with van der Waals surface area (Å²) in [6, 6.07) is 7.56. The van der Waals surface area contributed by atoms with Crippen molar-refractivity contribution < 1.29 is 19.1 Å². The molecule has 1 amide bonds. The van der Waals surface area contributed by atoms with Crippen molar-refractivity contribution in [1.29, 1.82) is 0 Å². The number of likely N-dealkylation sites (N-methyl/N-ethyl adjacent to an activating group) is 1. The highest BCUT2D eigenvalue weighted by molar-refractivity contribution is 14.1. The van der Waals surface area contributed by atoms with Gasteiger partial charge in [-0.1, -0.05) is 0 Å². The zero-order valence-corrected chi connectivity index (χ0v) is 26.3. The quantitative estimate of drug-likeness (QED) is 0.289. The number of nitrogens with zero attached hydrogens (tertiary/aromatic N) is 3. The fourth-order valence-corrected chi connectivity index (χ4v) is 6.69. The number of fused-ring (bicyclic) bond motifs is 1. The van der Waals surface area contributed by atoms with Crippen LogP contribution in [0.2, 0.25) is 0 Å².